The molecule has 15 heterocycles. The SMILES string of the molecule is CC(C)CN1Cc2ccccc2-c2n[nH]c3ccnc1c23.CC(C)N1Cc2ccccc2-c2n[nH]c3ccnc1c23.CCN1Cc2ccccc2-c2n[nH]c3ccnc1c23.CN1Cc2ccccc2-c2n[nH]c3ccnc1c23.c1ccc2c(c1)CN(C1CC1)c1nccc3[nH]nc-2c13. The van der Waals surface area contributed by atoms with E-state index in [1.54, 1.807) is 0 Å². The molecule has 6 aliphatic rings. The van der Waals surface area contributed by atoms with E-state index in [-0.39, 0.29) is 0 Å². The van der Waals surface area contributed by atoms with E-state index in [1.807, 2.05) is 61.3 Å². The number of rotatable bonds is 5. The van der Waals surface area contributed by atoms with Gasteiger partial charge in [-0.1, -0.05) is 135 Å². The summed E-state index contributed by atoms with van der Waals surface area (Å²) in [6.45, 7) is 17.4. The average molecular weight is 1290 g/mol. The molecule has 486 valence electrons. The number of nitrogens with one attached hydrogen (secondary N) is 5. The molecule has 0 bridgehead atoms. The second-order valence-corrected chi connectivity index (χ2v) is 26.7. The van der Waals surface area contributed by atoms with Gasteiger partial charge in [0.25, 0.3) is 0 Å². The van der Waals surface area contributed by atoms with Crippen molar-refractivity contribution < 1.29 is 0 Å². The molecule has 1 fully saturated rings. The molecule has 0 radical (unpaired) electrons. The molecule has 5 N–H and O–H groups in total. The predicted molar refractivity (Wildman–Crippen MR) is 392 cm³/mol. The van der Waals surface area contributed by atoms with Gasteiger partial charge < -0.3 is 24.5 Å². The Hall–Kier alpha value is -11.8. The normalized spacial score (nSPS) is 14.3. The number of fused-ring (bicyclic) bond motifs is 10. The molecule has 1 saturated carbocycles. The van der Waals surface area contributed by atoms with Crippen LogP contribution in [0, 0.1) is 5.92 Å². The van der Waals surface area contributed by atoms with Crippen molar-refractivity contribution in [3.63, 3.8) is 0 Å². The molecule has 98 heavy (non-hydrogen) atoms. The van der Waals surface area contributed by atoms with Gasteiger partial charge in [-0.05, 0) is 97.7 Å². The van der Waals surface area contributed by atoms with Crippen LogP contribution in [0.5, 0.6) is 0 Å². The zero-order valence-corrected chi connectivity index (χ0v) is 55.6. The van der Waals surface area contributed by atoms with Crippen molar-refractivity contribution in [1.29, 1.82) is 0 Å². The first kappa shape index (κ1) is 59.9. The zero-order valence-electron chi connectivity index (χ0n) is 55.6. The van der Waals surface area contributed by atoms with Gasteiger partial charge in [-0.3, -0.25) is 25.5 Å². The number of nitrogens with zero attached hydrogens (tertiary/aromatic N) is 15. The summed E-state index contributed by atoms with van der Waals surface area (Å²) in [5.41, 5.74) is 23.0. The summed E-state index contributed by atoms with van der Waals surface area (Å²) in [7, 11) is 2.07. The Morgan fingerprint density at radius 1 is 0.367 bits per heavy atom. The second kappa shape index (κ2) is 24.8. The third-order valence-electron chi connectivity index (χ3n) is 19.5. The van der Waals surface area contributed by atoms with Gasteiger partial charge in [0.15, 0.2) is 0 Å². The maximum Gasteiger partial charge on any atom is 0.140 e. The Labute approximate surface area is 566 Å². The highest BCUT2D eigenvalue weighted by Gasteiger charge is 2.35. The summed E-state index contributed by atoms with van der Waals surface area (Å²) in [4.78, 5) is 34.6. The molecule has 0 saturated heterocycles. The van der Waals surface area contributed by atoms with Crippen molar-refractivity contribution in [1.82, 2.24) is 75.9 Å². The first-order chi connectivity index (χ1) is 48.1. The zero-order chi connectivity index (χ0) is 66.1. The first-order valence-corrected chi connectivity index (χ1v) is 33.9. The van der Waals surface area contributed by atoms with Crippen LogP contribution in [0.2, 0.25) is 0 Å². The number of hydrogen-bond acceptors (Lipinski definition) is 15. The Kier molecular flexibility index (Phi) is 15.1. The number of hydrogen-bond donors (Lipinski definition) is 5. The van der Waals surface area contributed by atoms with Crippen LogP contribution in [0.15, 0.2) is 183 Å². The smallest absolute Gasteiger partial charge is 0.140 e. The van der Waals surface area contributed by atoms with Gasteiger partial charge in [0.05, 0.1) is 54.5 Å². The summed E-state index contributed by atoms with van der Waals surface area (Å²) in [6, 6.07) is 53.4. The van der Waals surface area contributed by atoms with E-state index in [1.165, 1.54) is 73.9 Å². The van der Waals surface area contributed by atoms with E-state index >= 15 is 0 Å². The lowest BCUT2D eigenvalue weighted by Crippen LogP contribution is -2.30. The van der Waals surface area contributed by atoms with Crippen molar-refractivity contribution in [2.45, 2.75) is 92.3 Å². The van der Waals surface area contributed by atoms with Crippen molar-refractivity contribution in [2.75, 3.05) is 44.6 Å². The fraction of sp³-hybridized carbons (Fsp3) is 0.231. The molecule has 20 nitrogen and oxygen atoms in total. The molecular formula is C78H74N20. The summed E-state index contributed by atoms with van der Waals surface area (Å²) in [5.74, 6) is 5.76. The van der Waals surface area contributed by atoms with Crippen LogP contribution >= 0.6 is 0 Å². The minimum Gasteiger partial charge on any atom is -0.355 e. The Balaban J connectivity index is 0.0000000922. The average Bonchev–Trinajstić information content (AvgIpc) is 1.63. The van der Waals surface area contributed by atoms with E-state index in [0.29, 0.717) is 18.0 Å². The highest BCUT2D eigenvalue weighted by atomic mass is 15.3. The van der Waals surface area contributed by atoms with Crippen molar-refractivity contribution in [2.24, 2.45) is 5.92 Å². The lowest BCUT2D eigenvalue weighted by Gasteiger charge is -2.27. The van der Waals surface area contributed by atoms with Crippen LogP contribution in [0.4, 0.5) is 29.1 Å². The number of benzene rings is 5. The van der Waals surface area contributed by atoms with Gasteiger partial charge in [0.1, 0.15) is 57.6 Å². The third kappa shape index (κ3) is 10.5. The standard InChI is InChI=1S/C17H18N4.C16H14N4.C16H16N4.C15H14N4.C14H12N4/c1-11(2)9-21-10-12-5-3-4-6-13(12)16-15-14(19-20-16)7-8-18-17(15)21;1-2-4-12-10(3-1)9-20(11-5-6-11)16-14-13(7-8-17-16)18-19-15(12)14;1-10(2)20-9-11-5-3-4-6-12(11)15-14-13(18-19-15)7-8-17-16(14)20;1-2-19-9-10-5-3-4-6-11(10)14-13-12(17-18-14)7-8-16-15(13)19;1-18-8-9-4-2-3-5-10(9)13-12-11(16-17-13)6-7-15-14(12)18/h3-8,11H,9-10H2,1-2H3,(H,19,20);1-4,7-8,11H,5-6,9H2,(H,18,19);3-8,10H,9H2,1-2H3,(H,18,19);3-8H,2,9H2,1H3,(H,17,18);2-7H,8H2,1H3,(H,16,17). The van der Waals surface area contributed by atoms with Gasteiger partial charge >= 0.3 is 0 Å². The summed E-state index contributed by atoms with van der Waals surface area (Å²) in [6.07, 6.45) is 11.8. The van der Waals surface area contributed by atoms with Gasteiger partial charge in [-0.25, -0.2) is 24.9 Å². The van der Waals surface area contributed by atoms with Crippen LogP contribution in [0.1, 0.15) is 75.3 Å². The molecule has 0 unspecified atom stereocenters. The Morgan fingerprint density at radius 2 is 0.694 bits per heavy atom. The maximum absolute atomic E-state index is 4.66. The van der Waals surface area contributed by atoms with Crippen LogP contribution in [0.3, 0.4) is 0 Å². The van der Waals surface area contributed by atoms with Crippen LogP contribution in [-0.2, 0) is 32.7 Å². The maximum atomic E-state index is 4.66. The van der Waals surface area contributed by atoms with E-state index < -0.39 is 0 Å². The Bertz CT molecular complexity index is 5350. The lowest BCUT2D eigenvalue weighted by molar-refractivity contribution is 0.607. The van der Waals surface area contributed by atoms with Crippen molar-refractivity contribution in [3.8, 4) is 56.3 Å². The molecule has 15 aromatic rings. The van der Waals surface area contributed by atoms with Crippen molar-refractivity contribution in [3.05, 3.63) is 210 Å². The molecule has 5 aromatic carbocycles. The van der Waals surface area contributed by atoms with Gasteiger partial charge in [0, 0.05) is 124 Å². The van der Waals surface area contributed by atoms with E-state index in [0.717, 1.165) is 153 Å². The number of aromatic nitrogens is 15. The molecule has 1 aliphatic carbocycles. The molecule has 10 aromatic heterocycles. The minimum absolute atomic E-state index is 0.391. The lowest BCUT2D eigenvalue weighted by atomic mass is 10.0. The second-order valence-electron chi connectivity index (χ2n) is 26.7. The molecule has 0 spiro atoms. The topological polar surface area (TPSA) is 224 Å². The molecule has 5 aliphatic heterocycles. The van der Waals surface area contributed by atoms with Crippen LogP contribution < -0.4 is 24.5 Å². The van der Waals surface area contributed by atoms with E-state index in [9.17, 15) is 0 Å². The molecule has 0 amide bonds. The molecule has 20 heteroatoms. The summed E-state index contributed by atoms with van der Waals surface area (Å²) in [5, 5.41) is 43.9. The number of pyridine rings is 5. The monoisotopic (exact) mass is 1290 g/mol. The predicted octanol–water partition coefficient (Wildman–Crippen LogP) is 15.6. The third-order valence-corrected chi connectivity index (χ3v) is 19.5. The van der Waals surface area contributed by atoms with Crippen LogP contribution in [0.25, 0.3) is 111 Å². The largest absolute Gasteiger partial charge is 0.355 e. The fourth-order valence-corrected chi connectivity index (χ4v) is 14.7. The van der Waals surface area contributed by atoms with Gasteiger partial charge in [-0.15, -0.1) is 0 Å². The number of H-pyrrole nitrogens is 5. The Morgan fingerprint density at radius 3 is 1.10 bits per heavy atom. The highest BCUT2D eigenvalue weighted by molar-refractivity contribution is 6.06. The van der Waals surface area contributed by atoms with Gasteiger partial charge in [0.2, 0.25) is 0 Å². The highest BCUT2D eigenvalue weighted by Crippen LogP contribution is 2.45. The van der Waals surface area contributed by atoms with Crippen LogP contribution in [-0.4, -0.2) is 108 Å². The molecular weight excluding hydrogens is 1220 g/mol. The van der Waals surface area contributed by atoms with Gasteiger partial charge in [-0.2, -0.15) is 25.5 Å². The summed E-state index contributed by atoms with van der Waals surface area (Å²) < 4.78 is 0. The fourth-order valence-electron chi connectivity index (χ4n) is 14.7. The molecule has 21 rings (SSSR count). The molecule has 0 atom stereocenters. The van der Waals surface area contributed by atoms with Crippen molar-refractivity contribution >= 4 is 83.6 Å². The van der Waals surface area contributed by atoms with E-state index in [2.05, 4.69) is 263 Å². The summed E-state index contributed by atoms with van der Waals surface area (Å²) >= 11 is 0. The number of anilines is 5. The quantitative estimate of drug-likeness (QED) is 0.108. The first-order valence-electron chi connectivity index (χ1n) is 33.9. The van der Waals surface area contributed by atoms with E-state index in [4.69, 9.17) is 0 Å². The number of aromatic amines is 5. The minimum atomic E-state index is 0.391.